The summed E-state index contributed by atoms with van der Waals surface area (Å²) in [7, 11) is 1.98. The number of nitrogens with zero attached hydrogens (tertiary/aromatic N) is 4. The molecule has 21 heavy (non-hydrogen) atoms. The summed E-state index contributed by atoms with van der Waals surface area (Å²) < 4.78 is 2.05. The topological polar surface area (TPSA) is 46.0 Å². The first-order valence-corrected chi connectivity index (χ1v) is 6.86. The van der Waals surface area contributed by atoms with Crippen molar-refractivity contribution < 1.29 is 0 Å². The van der Waals surface area contributed by atoms with E-state index >= 15 is 0 Å². The highest BCUT2D eigenvalue weighted by molar-refractivity contribution is 5.80. The van der Waals surface area contributed by atoms with Crippen molar-refractivity contribution in [2.24, 2.45) is 0 Å². The molecule has 0 saturated heterocycles. The van der Waals surface area contributed by atoms with Crippen LogP contribution in [-0.2, 0) is 0 Å². The number of rotatable bonds is 2. The van der Waals surface area contributed by atoms with Gasteiger partial charge >= 0.3 is 0 Å². The Bertz CT molecular complexity index is 803. The van der Waals surface area contributed by atoms with Gasteiger partial charge in [-0.3, -0.25) is 9.55 Å². The number of hydrogen-bond donors (Lipinski definition) is 1. The van der Waals surface area contributed by atoms with Crippen LogP contribution in [0, 0.1) is 0 Å². The third-order valence-electron chi connectivity index (χ3n) is 3.72. The van der Waals surface area contributed by atoms with Gasteiger partial charge in [-0.15, -0.1) is 0 Å². The predicted octanol–water partition coefficient (Wildman–Crippen LogP) is 2.43. The van der Waals surface area contributed by atoms with Crippen LogP contribution in [0.3, 0.4) is 0 Å². The van der Waals surface area contributed by atoms with E-state index in [2.05, 4.69) is 38.2 Å². The van der Waals surface area contributed by atoms with Crippen molar-refractivity contribution in [3.05, 3.63) is 66.9 Å². The first kappa shape index (κ1) is 12.1. The number of fused-ring (bicyclic) bond motifs is 1. The Morgan fingerprint density at radius 3 is 2.86 bits per heavy atom. The molecule has 3 aromatic rings. The molecule has 4 heterocycles. The van der Waals surface area contributed by atoms with Gasteiger partial charge in [0.2, 0.25) is 0 Å². The maximum Gasteiger partial charge on any atom is 0.137 e. The Morgan fingerprint density at radius 2 is 2.10 bits per heavy atom. The predicted molar refractivity (Wildman–Crippen MR) is 81.6 cm³/mol. The van der Waals surface area contributed by atoms with Crippen LogP contribution in [0.15, 0.2) is 61.3 Å². The van der Waals surface area contributed by atoms with Gasteiger partial charge in [0.05, 0.1) is 17.8 Å². The highest BCUT2D eigenvalue weighted by atomic mass is 15.5. The average Bonchev–Trinajstić information content (AvgIpc) is 3.14. The zero-order valence-corrected chi connectivity index (χ0v) is 11.6. The fourth-order valence-corrected chi connectivity index (χ4v) is 2.60. The van der Waals surface area contributed by atoms with Gasteiger partial charge < -0.3 is 5.01 Å². The third-order valence-corrected chi connectivity index (χ3v) is 3.72. The molecule has 0 aromatic carbocycles. The van der Waals surface area contributed by atoms with Crippen LogP contribution in [0.25, 0.3) is 16.7 Å². The Labute approximate surface area is 122 Å². The minimum absolute atomic E-state index is 0.194. The van der Waals surface area contributed by atoms with Crippen molar-refractivity contribution in [2.75, 3.05) is 7.05 Å². The van der Waals surface area contributed by atoms with Crippen molar-refractivity contribution in [3.8, 4) is 5.82 Å². The van der Waals surface area contributed by atoms with Gasteiger partial charge in [-0.05, 0) is 29.8 Å². The highest BCUT2D eigenvalue weighted by Gasteiger charge is 2.14. The number of nitrogens with one attached hydrogen (secondary N) is 1. The Balaban J connectivity index is 1.69. The molecular formula is C16H15N5. The van der Waals surface area contributed by atoms with Crippen LogP contribution in [0.4, 0.5) is 0 Å². The zero-order chi connectivity index (χ0) is 14.2. The molecule has 1 aliphatic heterocycles. The third kappa shape index (κ3) is 2.08. The molecule has 104 valence electrons. The number of pyridine rings is 2. The second-order valence-electron chi connectivity index (χ2n) is 5.13. The highest BCUT2D eigenvalue weighted by Crippen LogP contribution is 2.21. The van der Waals surface area contributed by atoms with Crippen LogP contribution in [0.5, 0.6) is 0 Å². The Morgan fingerprint density at radius 1 is 1.14 bits per heavy atom. The van der Waals surface area contributed by atoms with Gasteiger partial charge in [0.25, 0.3) is 0 Å². The first-order valence-electron chi connectivity index (χ1n) is 6.86. The molecule has 5 nitrogen and oxygen atoms in total. The summed E-state index contributed by atoms with van der Waals surface area (Å²) in [5, 5.41) is 3.11. The molecule has 0 spiro atoms. The van der Waals surface area contributed by atoms with Gasteiger partial charge in [0, 0.05) is 37.2 Å². The van der Waals surface area contributed by atoms with E-state index < -0.39 is 0 Å². The summed E-state index contributed by atoms with van der Waals surface area (Å²) in [6, 6.07) is 8.41. The van der Waals surface area contributed by atoms with Crippen molar-refractivity contribution in [3.63, 3.8) is 0 Å². The molecule has 0 saturated carbocycles. The minimum Gasteiger partial charge on any atom is -0.318 e. The van der Waals surface area contributed by atoms with Gasteiger partial charge in [0.15, 0.2) is 0 Å². The van der Waals surface area contributed by atoms with Crippen molar-refractivity contribution >= 4 is 10.9 Å². The van der Waals surface area contributed by atoms with E-state index in [0.717, 1.165) is 22.3 Å². The molecule has 4 rings (SSSR count). The van der Waals surface area contributed by atoms with Crippen LogP contribution < -0.4 is 5.43 Å². The molecule has 3 aromatic heterocycles. The molecule has 0 radical (unpaired) electrons. The van der Waals surface area contributed by atoms with E-state index in [1.54, 1.807) is 6.20 Å². The lowest BCUT2D eigenvalue weighted by atomic mass is 10.1. The lowest BCUT2D eigenvalue weighted by Crippen LogP contribution is -2.26. The molecule has 0 bridgehead atoms. The Hall–Kier alpha value is -2.66. The van der Waals surface area contributed by atoms with E-state index in [0.29, 0.717) is 0 Å². The summed E-state index contributed by atoms with van der Waals surface area (Å²) in [6.07, 6.45) is 11.7. The van der Waals surface area contributed by atoms with Gasteiger partial charge in [-0.2, -0.15) is 0 Å². The van der Waals surface area contributed by atoms with E-state index in [4.69, 9.17) is 0 Å². The maximum atomic E-state index is 4.58. The van der Waals surface area contributed by atoms with E-state index in [9.17, 15) is 0 Å². The fourth-order valence-electron chi connectivity index (χ4n) is 2.60. The number of hydrazine groups is 1. The minimum atomic E-state index is 0.194. The lowest BCUT2D eigenvalue weighted by Gasteiger charge is -2.15. The van der Waals surface area contributed by atoms with Crippen molar-refractivity contribution in [2.45, 2.75) is 6.04 Å². The molecule has 1 unspecified atom stereocenters. The largest absolute Gasteiger partial charge is 0.318 e. The van der Waals surface area contributed by atoms with Crippen molar-refractivity contribution in [1.29, 1.82) is 0 Å². The molecular weight excluding hydrogens is 262 g/mol. The van der Waals surface area contributed by atoms with Gasteiger partial charge in [0.1, 0.15) is 5.82 Å². The average molecular weight is 277 g/mol. The molecule has 1 N–H and O–H groups in total. The van der Waals surface area contributed by atoms with E-state index in [1.807, 2.05) is 49.0 Å². The quantitative estimate of drug-likeness (QED) is 0.781. The van der Waals surface area contributed by atoms with Crippen LogP contribution in [0.2, 0.25) is 0 Å². The molecule has 1 aliphatic rings. The van der Waals surface area contributed by atoms with Crippen LogP contribution in [0.1, 0.15) is 11.6 Å². The van der Waals surface area contributed by atoms with Gasteiger partial charge in [-0.25, -0.2) is 10.4 Å². The van der Waals surface area contributed by atoms with Crippen LogP contribution >= 0.6 is 0 Å². The maximum absolute atomic E-state index is 4.58. The fraction of sp³-hybridized carbons (Fsp3) is 0.125. The summed E-state index contributed by atoms with van der Waals surface area (Å²) in [5.41, 5.74) is 5.53. The second-order valence-corrected chi connectivity index (χ2v) is 5.13. The smallest absolute Gasteiger partial charge is 0.137 e. The zero-order valence-electron chi connectivity index (χ0n) is 11.6. The van der Waals surface area contributed by atoms with Gasteiger partial charge in [-0.1, -0.05) is 6.07 Å². The molecule has 0 amide bonds. The molecule has 0 fully saturated rings. The molecule has 0 aliphatic carbocycles. The molecule has 5 heteroatoms. The monoisotopic (exact) mass is 277 g/mol. The second kappa shape index (κ2) is 4.71. The number of aromatic nitrogens is 3. The standard InChI is InChI=1S/C16H15N5/c1-20-8-6-14(19-20)13-2-3-16(18-10-13)21-9-5-12-4-7-17-11-15(12)21/h2-11,14,19H,1H3. The van der Waals surface area contributed by atoms with Crippen molar-refractivity contribution in [1.82, 2.24) is 25.0 Å². The summed E-state index contributed by atoms with van der Waals surface area (Å²) in [4.78, 5) is 8.77. The lowest BCUT2D eigenvalue weighted by molar-refractivity contribution is 0.333. The van der Waals surface area contributed by atoms with E-state index in [-0.39, 0.29) is 6.04 Å². The first-order chi connectivity index (χ1) is 10.3. The summed E-state index contributed by atoms with van der Waals surface area (Å²) in [6.45, 7) is 0. The SMILES string of the molecule is CN1C=CC(c2ccc(-n3ccc4ccncc43)nc2)N1. The van der Waals surface area contributed by atoms with E-state index in [1.165, 1.54) is 0 Å². The van der Waals surface area contributed by atoms with Crippen LogP contribution in [-0.4, -0.2) is 26.6 Å². The summed E-state index contributed by atoms with van der Waals surface area (Å²) >= 11 is 0. The normalized spacial score (nSPS) is 17.8. The molecule has 1 atom stereocenters. The number of hydrogen-bond acceptors (Lipinski definition) is 4. The Kier molecular flexibility index (Phi) is 2.72. The summed E-state index contributed by atoms with van der Waals surface area (Å²) in [5.74, 6) is 0.900.